The van der Waals surface area contributed by atoms with Crippen LogP contribution in [-0.2, 0) is 0 Å². The lowest BCUT2D eigenvalue weighted by Crippen LogP contribution is -2.22. The zero-order valence-corrected chi connectivity index (χ0v) is 12.2. The van der Waals surface area contributed by atoms with Crippen LogP contribution in [0.3, 0.4) is 0 Å². The van der Waals surface area contributed by atoms with Crippen molar-refractivity contribution in [3.05, 3.63) is 65.9 Å². The standard InChI is InChI=1S/C18H12F3NO/c1-11-2-3-12-8-9-22-16(15(12)10-11)13-4-6-14(7-5-13)17(23)18(19,20)21/h2-10H,1H3. The van der Waals surface area contributed by atoms with Crippen LogP contribution in [0.1, 0.15) is 15.9 Å². The molecule has 0 atom stereocenters. The number of pyridine rings is 1. The number of ketones is 1. The lowest BCUT2D eigenvalue weighted by Gasteiger charge is -2.08. The molecule has 3 aromatic rings. The van der Waals surface area contributed by atoms with E-state index in [4.69, 9.17) is 0 Å². The van der Waals surface area contributed by atoms with Gasteiger partial charge in [0.05, 0.1) is 5.69 Å². The van der Waals surface area contributed by atoms with E-state index < -0.39 is 12.0 Å². The van der Waals surface area contributed by atoms with Crippen LogP contribution in [0.4, 0.5) is 13.2 Å². The van der Waals surface area contributed by atoms with Crippen molar-refractivity contribution in [3.8, 4) is 11.3 Å². The summed E-state index contributed by atoms with van der Waals surface area (Å²) in [5.41, 5.74) is 2.03. The van der Waals surface area contributed by atoms with Gasteiger partial charge in [0.2, 0.25) is 0 Å². The number of carbonyl (C=O) groups excluding carboxylic acids is 1. The predicted octanol–water partition coefficient (Wildman–Crippen LogP) is 4.96. The van der Waals surface area contributed by atoms with Crippen molar-refractivity contribution in [3.63, 3.8) is 0 Å². The third kappa shape index (κ3) is 2.95. The molecule has 0 unspecified atom stereocenters. The molecule has 0 saturated heterocycles. The van der Waals surface area contributed by atoms with Gasteiger partial charge in [0.1, 0.15) is 0 Å². The Balaban J connectivity index is 2.07. The van der Waals surface area contributed by atoms with Crippen molar-refractivity contribution < 1.29 is 18.0 Å². The second kappa shape index (κ2) is 5.50. The first-order valence-corrected chi connectivity index (χ1v) is 6.93. The summed E-state index contributed by atoms with van der Waals surface area (Å²) < 4.78 is 37.3. The molecule has 0 amide bonds. The number of carbonyl (C=O) groups is 1. The van der Waals surface area contributed by atoms with Gasteiger partial charge in [-0.15, -0.1) is 0 Å². The molecule has 116 valence electrons. The number of fused-ring (bicyclic) bond motifs is 1. The average molecular weight is 315 g/mol. The Morgan fingerprint density at radius 3 is 2.35 bits per heavy atom. The van der Waals surface area contributed by atoms with E-state index in [1.54, 1.807) is 6.20 Å². The minimum atomic E-state index is -4.86. The maximum Gasteiger partial charge on any atom is 0.454 e. The SMILES string of the molecule is Cc1ccc2ccnc(-c3ccc(C(=O)C(F)(F)F)cc3)c2c1. The Labute approximate surface area is 130 Å². The van der Waals surface area contributed by atoms with E-state index in [9.17, 15) is 18.0 Å². The zero-order chi connectivity index (χ0) is 16.6. The number of benzene rings is 2. The molecule has 0 spiro atoms. The molecule has 0 aliphatic heterocycles. The van der Waals surface area contributed by atoms with Crippen LogP contribution in [0, 0.1) is 6.92 Å². The normalized spacial score (nSPS) is 11.7. The fourth-order valence-corrected chi connectivity index (χ4v) is 2.46. The molecule has 2 aromatic carbocycles. The van der Waals surface area contributed by atoms with Gasteiger partial charge in [-0.05, 0) is 24.4 Å². The Morgan fingerprint density at radius 2 is 1.70 bits per heavy atom. The average Bonchev–Trinajstić information content (AvgIpc) is 2.53. The molecular formula is C18H12F3NO. The highest BCUT2D eigenvalue weighted by Gasteiger charge is 2.39. The summed E-state index contributed by atoms with van der Waals surface area (Å²) in [6.45, 7) is 1.96. The number of rotatable bonds is 2. The topological polar surface area (TPSA) is 30.0 Å². The van der Waals surface area contributed by atoms with Crippen LogP contribution in [0.5, 0.6) is 0 Å². The Hall–Kier alpha value is -2.69. The van der Waals surface area contributed by atoms with E-state index in [2.05, 4.69) is 4.98 Å². The molecule has 0 saturated carbocycles. The van der Waals surface area contributed by atoms with Crippen LogP contribution in [-0.4, -0.2) is 16.9 Å². The van der Waals surface area contributed by atoms with E-state index in [1.807, 2.05) is 31.2 Å². The molecule has 0 aliphatic rings. The van der Waals surface area contributed by atoms with Gasteiger partial charge in [0, 0.05) is 22.7 Å². The van der Waals surface area contributed by atoms with Gasteiger partial charge < -0.3 is 0 Å². The van der Waals surface area contributed by atoms with Crippen molar-refractivity contribution in [1.29, 1.82) is 0 Å². The molecule has 2 nitrogen and oxygen atoms in total. The first-order valence-electron chi connectivity index (χ1n) is 6.93. The summed E-state index contributed by atoms with van der Waals surface area (Å²) in [4.78, 5) is 15.6. The number of hydrogen-bond acceptors (Lipinski definition) is 2. The first kappa shape index (κ1) is 15.2. The lowest BCUT2D eigenvalue weighted by atomic mass is 10.0. The Bertz CT molecular complexity index is 883. The van der Waals surface area contributed by atoms with E-state index in [1.165, 1.54) is 24.3 Å². The van der Waals surface area contributed by atoms with Crippen molar-refractivity contribution in [2.24, 2.45) is 0 Å². The summed E-state index contributed by atoms with van der Waals surface area (Å²) >= 11 is 0. The van der Waals surface area contributed by atoms with Crippen LogP contribution >= 0.6 is 0 Å². The molecule has 23 heavy (non-hydrogen) atoms. The van der Waals surface area contributed by atoms with Gasteiger partial charge in [-0.2, -0.15) is 13.2 Å². The molecule has 0 bridgehead atoms. The fourth-order valence-electron chi connectivity index (χ4n) is 2.46. The molecule has 1 heterocycles. The molecule has 1 aromatic heterocycles. The van der Waals surface area contributed by atoms with Crippen molar-refractivity contribution in [2.75, 3.05) is 0 Å². The second-order valence-electron chi connectivity index (χ2n) is 5.29. The maximum absolute atomic E-state index is 12.4. The third-order valence-electron chi connectivity index (χ3n) is 3.60. The first-order chi connectivity index (χ1) is 10.9. The monoisotopic (exact) mass is 315 g/mol. The van der Waals surface area contributed by atoms with Gasteiger partial charge in [-0.3, -0.25) is 9.78 Å². The van der Waals surface area contributed by atoms with Crippen molar-refractivity contribution in [1.82, 2.24) is 4.98 Å². The number of aryl methyl sites for hydroxylation is 1. The summed E-state index contributed by atoms with van der Waals surface area (Å²) in [7, 11) is 0. The van der Waals surface area contributed by atoms with E-state index in [-0.39, 0.29) is 5.56 Å². The summed E-state index contributed by atoms with van der Waals surface area (Å²) in [5.74, 6) is -1.84. The van der Waals surface area contributed by atoms with E-state index in [0.29, 0.717) is 11.3 Å². The minimum absolute atomic E-state index is 0.377. The van der Waals surface area contributed by atoms with Crippen molar-refractivity contribution >= 4 is 16.6 Å². The van der Waals surface area contributed by atoms with E-state index >= 15 is 0 Å². The number of aromatic nitrogens is 1. The molecule has 3 rings (SSSR count). The third-order valence-corrected chi connectivity index (χ3v) is 3.60. The van der Waals surface area contributed by atoms with E-state index in [0.717, 1.165) is 16.3 Å². The van der Waals surface area contributed by atoms with Crippen molar-refractivity contribution in [2.45, 2.75) is 13.1 Å². The predicted molar refractivity (Wildman–Crippen MR) is 82.3 cm³/mol. The Kier molecular flexibility index (Phi) is 3.64. The fraction of sp³-hybridized carbons (Fsp3) is 0.111. The van der Waals surface area contributed by atoms with Crippen LogP contribution in [0.2, 0.25) is 0 Å². The largest absolute Gasteiger partial charge is 0.454 e. The highest BCUT2D eigenvalue weighted by atomic mass is 19.4. The quantitative estimate of drug-likeness (QED) is 0.626. The minimum Gasteiger partial charge on any atom is -0.284 e. The molecule has 0 aliphatic carbocycles. The summed E-state index contributed by atoms with van der Waals surface area (Å²) in [6, 6.07) is 13.1. The van der Waals surface area contributed by atoms with Gasteiger partial charge in [0.25, 0.3) is 5.78 Å². The molecule has 0 radical (unpaired) electrons. The molecule has 5 heteroatoms. The van der Waals surface area contributed by atoms with Gasteiger partial charge in [0.15, 0.2) is 0 Å². The van der Waals surface area contributed by atoms with Gasteiger partial charge in [-0.25, -0.2) is 0 Å². The summed E-state index contributed by atoms with van der Waals surface area (Å²) in [5, 5.41) is 1.92. The zero-order valence-electron chi connectivity index (χ0n) is 12.2. The van der Waals surface area contributed by atoms with Gasteiger partial charge >= 0.3 is 6.18 Å². The highest BCUT2D eigenvalue weighted by Crippen LogP contribution is 2.28. The highest BCUT2D eigenvalue weighted by molar-refractivity contribution is 6.01. The number of Topliss-reactive ketones (excluding diaryl/α,β-unsaturated/α-hetero) is 1. The Morgan fingerprint density at radius 1 is 1.00 bits per heavy atom. The van der Waals surface area contributed by atoms with Gasteiger partial charge in [-0.1, -0.05) is 42.0 Å². The van der Waals surface area contributed by atoms with Crippen LogP contribution < -0.4 is 0 Å². The smallest absolute Gasteiger partial charge is 0.284 e. The maximum atomic E-state index is 12.4. The molecule has 0 N–H and O–H groups in total. The number of nitrogens with zero attached hydrogens (tertiary/aromatic N) is 1. The number of halogens is 3. The lowest BCUT2D eigenvalue weighted by molar-refractivity contribution is -0.0885. The van der Waals surface area contributed by atoms with Crippen LogP contribution in [0.25, 0.3) is 22.0 Å². The number of alkyl halides is 3. The molecular weight excluding hydrogens is 303 g/mol. The second-order valence-corrected chi connectivity index (χ2v) is 5.29. The molecule has 0 fully saturated rings. The number of hydrogen-bond donors (Lipinski definition) is 0. The summed E-state index contributed by atoms with van der Waals surface area (Å²) in [6.07, 6.45) is -3.21. The van der Waals surface area contributed by atoms with Crippen LogP contribution in [0.15, 0.2) is 54.7 Å².